The van der Waals surface area contributed by atoms with Crippen LogP contribution in [0, 0.1) is 12.7 Å². The summed E-state index contributed by atoms with van der Waals surface area (Å²) in [6, 6.07) is 82.9. The summed E-state index contributed by atoms with van der Waals surface area (Å²) in [7, 11) is 0. The van der Waals surface area contributed by atoms with E-state index in [1.807, 2.05) is 42.5 Å². The zero-order chi connectivity index (χ0) is 45.8. The number of hydrogen-bond donors (Lipinski definition) is 0. The second-order valence-electron chi connectivity index (χ2n) is 17.6. The van der Waals surface area contributed by atoms with Gasteiger partial charge < -0.3 is 14.2 Å². The lowest BCUT2D eigenvalue weighted by Crippen LogP contribution is -2.28. The molecule has 1 aliphatic rings. The molecule has 0 spiro atoms. The van der Waals surface area contributed by atoms with Crippen molar-refractivity contribution in [2.75, 3.05) is 4.90 Å². The number of aryl methyl sites for hydroxylation is 1. The number of benzene rings is 10. The topological polar surface area (TPSA) is 17.4 Å². The number of anilines is 3. The standard InChI is InChI=1S/C64H45FN2O/c1-3-44-19-35-54(36-20-44)68-55-37-24-48(25-38-55)64(47-11-5-4-6-12-47)60-15-9-7-13-56(60)57-39-34-53(42-61(57)64)66(50-28-17-43(2)18-29-50)51-30-21-45(22-31-51)46-23-40-63-59(41-46)58-14-8-10-16-62(58)67(63)52-32-26-49(65)27-33-52/h3-42H,1H2,2H3. The lowest BCUT2D eigenvalue weighted by molar-refractivity contribution is 0.482. The Balaban J connectivity index is 0.972. The van der Waals surface area contributed by atoms with E-state index >= 15 is 0 Å². The summed E-state index contributed by atoms with van der Waals surface area (Å²) in [5.41, 5.74) is 17.4. The maximum Gasteiger partial charge on any atom is 0.127 e. The van der Waals surface area contributed by atoms with Crippen molar-refractivity contribution < 1.29 is 9.13 Å². The van der Waals surface area contributed by atoms with Crippen molar-refractivity contribution >= 4 is 44.9 Å². The van der Waals surface area contributed by atoms with E-state index in [1.54, 1.807) is 0 Å². The van der Waals surface area contributed by atoms with Crippen molar-refractivity contribution in [3.63, 3.8) is 0 Å². The molecule has 68 heavy (non-hydrogen) atoms. The molecule has 1 heterocycles. The first kappa shape index (κ1) is 40.8. The summed E-state index contributed by atoms with van der Waals surface area (Å²) in [6.07, 6.45) is 1.84. The van der Waals surface area contributed by atoms with Crippen LogP contribution >= 0.6 is 0 Å². The number of halogens is 1. The highest BCUT2D eigenvalue weighted by Crippen LogP contribution is 2.57. The minimum absolute atomic E-state index is 0.247. The first-order chi connectivity index (χ1) is 33.5. The highest BCUT2D eigenvalue weighted by Gasteiger charge is 2.46. The quantitative estimate of drug-likeness (QED) is 0.136. The normalized spacial score (nSPS) is 13.9. The molecule has 3 nitrogen and oxygen atoms in total. The fraction of sp³-hybridized carbons (Fsp3) is 0.0312. The van der Waals surface area contributed by atoms with Gasteiger partial charge in [-0.05, 0) is 160 Å². The Morgan fingerprint density at radius 1 is 0.485 bits per heavy atom. The third-order valence-corrected chi connectivity index (χ3v) is 13.6. The van der Waals surface area contributed by atoms with E-state index in [0.717, 1.165) is 78.3 Å². The van der Waals surface area contributed by atoms with Gasteiger partial charge in [0.05, 0.1) is 16.4 Å². The Morgan fingerprint density at radius 2 is 1.07 bits per heavy atom. The second-order valence-corrected chi connectivity index (χ2v) is 17.6. The van der Waals surface area contributed by atoms with Gasteiger partial charge >= 0.3 is 0 Å². The molecule has 1 aromatic heterocycles. The summed E-state index contributed by atoms with van der Waals surface area (Å²) in [5.74, 6) is 1.30. The van der Waals surface area contributed by atoms with Crippen LogP contribution in [0.2, 0.25) is 0 Å². The minimum Gasteiger partial charge on any atom is -0.457 e. The SMILES string of the molecule is C=Cc1ccc(Oc2ccc(C3(c4ccccc4)c4ccccc4-c4ccc(N(c5ccc(C)cc5)c5ccc(-c6ccc7c(c6)c6ccccc6n7-c6ccc(F)cc6)cc5)cc43)cc2)cc1. The molecule has 12 rings (SSSR count). The van der Waals surface area contributed by atoms with Crippen LogP contribution in [0.5, 0.6) is 11.5 Å². The smallest absolute Gasteiger partial charge is 0.127 e. The van der Waals surface area contributed by atoms with E-state index in [0.29, 0.717) is 0 Å². The maximum absolute atomic E-state index is 14.0. The lowest BCUT2D eigenvalue weighted by Gasteiger charge is -2.35. The van der Waals surface area contributed by atoms with E-state index in [-0.39, 0.29) is 5.82 Å². The molecule has 0 saturated heterocycles. The Kier molecular flexibility index (Phi) is 9.95. The molecule has 0 radical (unpaired) electrons. The van der Waals surface area contributed by atoms with Gasteiger partial charge in [-0.1, -0.05) is 152 Å². The van der Waals surface area contributed by atoms with Gasteiger partial charge in [-0.25, -0.2) is 4.39 Å². The van der Waals surface area contributed by atoms with Crippen molar-refractivity contribution in [3.8, 4) is 39.4 Å². The number of ether oxygens (including phenoxy) is 1. The van der Waals surface area contributed by atoms with Gasteiger partial charge in [0.15, 0.2) is 0 Å². The third kappa shape index (κ3) is 6.80. The van der Waals surface area contributed by atoms with Gasteiger partial charge in [-0.3, -0.25) is 0 Å². The fourth-order valence-corrected chi connectivity index (χ4v) is 10.4. The van der Waals surface area contributed by atoms with Gasteiger partial charge in [0, 0.05) is 33.5 Å². The number of hydrogen-bond acceptors (Lipinski definition) is 2. The van der Waals surface area contributed by atoms with E-state index in [4.69, 9.17) is 4.74 Å². The predicted molar refractivity (Wildman–Crippen MR) is 280 cm³/mol. The van der Waals surface area contributed by atoms with Crippen molar-refractivity contribution in [2.45, 2.75) is 12.3 Å². The molecule has 0 amide bonds. The molecule has 10 aromatic carbocycles. The molecular weight excluding hydrogens is 832 g/mol. The Morgan fingerprint density at radius 3 is 1.81 bits per heavy atom. The van der Waals surface area contributed by atoms with Crippen molar-refractivity contribution in [1.82, 2.24) is 4.57 Å². The zero-order valence-corrected chi connectivity index (χ0v) is 37.5. The summed E-state index contributed by atoms with van der Waals surface area (Å²) < 4.78 is 22.6. The van der Waals surface area contributed by atoms with Crippen molar-refractivity contribution in [3.05, 3.63) is 282 Å². The average molecular weight is 877 g/mol. The van der Waals surface area contributed by atoms with E-state index in [2.05, 4.69) is 211 Å². The predicted octanol–water partition coefficient (Wildman–Crippen LogP) is 17.2. The minimum atomic E-state index is -0.616. The van der Waals surface area contributed by atoms with Crippen molar-refractivity contribution in [1.29, 1.82) is 0 Å². The van der Waals surface area contributed by atoms with Gasteiger partial charge in [-0.15, -0.1) is 0 Å². The van der Waals surface area contributed by atoms with Gasteiger partial charge in [0.25, 0.3) is 0 Å². The van der Waals surface area contributed by atoms with Crippen molar-refractivity contribution in [2.24, 2.45) is 0 Å². The molecule has 0 N–H and O–H groups in total. The molecule has 0 fully saturated rings. The van der Waals surface area contributed by atoms with Gasteiger partial charge in [0.1, 0.15) is 17.3 Å². The Bertz CT molecular complexity index is 3650. The third-order valence-electron chi connectivity index (χ3n) is 13.6. The van der Waals surface area contributed by atoms with Crippen LogP contribution < -0.4 is 9.64 Å². The highest BCUT2D eigenvalue weighted by atomic mass is 19.1. The first-order valence-corrected chi connectivity index (χ1v) is 23.0. The number of aromatic nitrogens is 1. The van der Waals surface area contributed by atoms with Crippen LogP contribution in [-0.4, -0.2) is 4.57 Å². The van der Waals surface area contributed by atoms with Crippen LogP contribution in [0.1, 0.15) is 33.4 Å². The molecule has 4 heteroatoms. The number of rotatable bonds is 10. The monoisotopic (exact) mass is 876 g/mol. The summed E-state index contributed by atoms with van der Waals surface area (Å²) in [4.78, 5) is 2.37. The summed E-state index contributed by atoms with van der Waals surface area (Å²) in [6.45, 7) is 6.02. The molecule has 1 atom stereocenters. The van der Waals surface area contributed by atoms with E-state index < -0.39 is 5.41 Å². The van der Waals surface area contributed by atoms with Crippen LogP contribution in [0.25, 0.3) is 55.8 Å². The van der Waals surface area contributed by atoms with Crippen LogP contribution in [-0.2, 0) is 5.41 Å². The zero-order valence-electron chi connectivity index (χ0n) is 37.5. The summed E-state index contributed by atoms with van der Waals surface area (Å²) in [5, 5.41) is 2.30. The van der Waals surface area contributed by atoms with Crippen LogP contribution in [0.3, 0.4) is 0 Å². The molecule has 324 valence electrons. The number of fused-ring (bicyclic) bond motifs is 6. The Hall–Kier alpha value is -8.73. The molecule has 0 saturated carbocycles. The molecule has 1 aliphatic carbocycles. The molecular formula is C64H45FN2O. The number of para-hydroxylation sites is 1. The number of nitrogens with zero attached hydrogens (tertiary/aromatic N) is 2. The van der Waals surface area contributed by atoms with Gasteiger partial charge in [-0.2, -0.15) is 0 Å². The molecule has 0 aliphatic heterocycles. The van der Waals surface area contributed by atoms with E-state index in [1.165, 1.54) is 45.5 Å². The second kappa shape index (κ2) is 16.6. The van der Waals surface area contributed by atoms with E-state index in [9.17, 15) is 4.39 Å². The molecule has 0 bridgehead atoms. The molecule has 1 unspecified atom stereocenters. The van der Waals surface area contributed by atoms with Gasteiger partial charge in [0.2, 0.25) is 0 Å². The first-order valence-electron chi connectivity index (χ1n) is 23.0. The lowest BCUT2D eigenvalue weighted by atomic mass is 9.67. The maximum atomic E-state index is 14.0. The van der Waals surface area contributed by atoms with Crippen LogP contribution in [0.15, 0.2) is 243 Å². The molecule has 11 aromatic rings. The Labute approximate surface area is 395 Å². The highest BCUT2D eigenvalue weighted by molar-refractivity contribution is 6.10. The summed E-state index contributed by atoms with van der Waals surface area (Å²) >= 11 is 0. The average Bonchev–Trinajstić information content (AvgIpc) is 3.88. The fourth-order valence-electron chi connectivity index (χ4n) is 10.4. The largest absolute Gasteiger partial charge is 0.457 e. The van der Waals surface area contributed by atoms with Crippen LogP contribution in [0.4, 0.5) is 21.5 Å².